The molecular weight excluding hydrogens is 244 g/mol. The van der Waals surface area contributed by atoms with Crippen molar-refractivity contribution in [3.63, 3.8) is 0 Å². The first kappa shape index (κ1) is 15.8. The first-order valence-corrected chi connectivity index (χ1v) is 8.49. The van der Waals surface area contributed by atoms with Gasteiger partial charge < -0.3 is 10.6 Å². The van der Waals surface area contributed by atoms with Crippen LogP contribution in [0.1, 0.15) is 33.1 Å². The molecule has 3 atom stereocenters. The second-order valence-corrected chi connectivity index (χ2v) is 6.56. The summed E-state index contributed by atoms with van der Waals surface area (Å²) in [6.45, 7) is 7.43. The first-order chi connectivity index (χ1) is 8.63. The van der Waals surface area contributed by atoms with Crippen LogP contribution in [0.3, 0.4) is 0 Å². The van der Waals surface area contributed by atoms with Gasteiger partial charge in [-0.3, -0.25) is 4.79 Å². The summed E-state index contributed by atoms with van der Waals surface area (Å²) in [5, 5.41) is 6.49. The SMILES string of the molecule is CSCC(C)CNC(=O)CC(C)C1CCCNC1. The van der Waals surface area contributed by atoms with Gasteiger partial charge in [0.25, 0.3) is 0 Å². The van der Waals surface area contributed by atoms with Crippen LogP contribution in [-0.4, -0.2) is 37.6 Å². The molecule has 2 N–H and O–H groups in total. The molecule has 1 aliphatic heterocycles. The van der Waals surface area contributed by atoms with E-state index in [1.54, 1.807) is 0 Å². The molecule has 0 saturated carbocycles. The van der Waals surface area contributed by atoms with Crippen LogP contribution in [0.4, 0.5) is 0 Å². The minimum atomic E-state index is 0.223. The van der Waals surface area contributed by atoms with Crippen LogP contribution in [0.5, 0.6) is 0 Å². The van der Waals surface area contributed by atoms with E-state index in [4.69, 9.17) is 0 Å². The van der Waals surface area contributed by atoms with Gasteiger partial charge in [0.05, 0.1) is 0 Å². The molecular formula is C14H28N2OS. The molecule has 3 nitrogen and oxygen atoms in total. The van der Waals surface area contributed by atoms with Gasteiger partial charge in [0.2, 0.25) is 5.91 Å². The molecule has 4 heteroatoms. The van der Waals surface area contributed by atoms with Gasteiger partial charge in [0.1, 0.15) is 0 Å². The fourth-order valence-electron chi connectivity index (χ4n) is 2.53. The number of piperidine rings is 1. The van der Waals surface area contributed by atoms with Gasteiger partial charge in [-0.1, -0.05) is 13.8 Å². The summed E-state index contributed by atoms with van der Waals surface area (Å²) in [5.74, 6) is 3.07. The summed E-state index contributed by atoms with van der Waals surface area (Å²) < 4.78 is 0. The van der Waals surface area contributed by atoms with Crippen molar-refractivity contribution in [3.05, 3.63) is 0 Å². The minimum absolute atomic E-state index is 0.223. The summed E-state index contributed by atoms with van der Waals surface area (Å²) in [4.78, 5) is 11.9. The summed E-state index contributed by atoms with van der Waals surface area (Å²) in [5.41, 5.74) is 0. The van der Waals surface area contributed by atoms with Crippen LogP contribution in [-0.2, 0) is 4.79 Å². The highest BCUT2D eigenvalue weighted by Crippen LogP contribution is 2.22. The minimum Gasteiger partial charge on any atom is -0.356 e. The quantitative estimate of drug-likeness (QED) is 0.746. The third-order valence-corrected chi connectivity index (χ3v) is 4.65. The maximum absolute atomic E-state index is 11.9. The predicted octanol–water partition coefficient (Wildman–Crippen LogP) is 2.13. The number of thioether (sulfide) groups is 1. The van der Waals surface area contributed by atoms with E-state index in [2.05, 4.69) is 30.7 Å². The predicted molar refractivity (Wildman–Crippen MR) is 79.9 cm³/mol. The zero-order valence-corrected chi connectivity index (χ0v) is 12.8. The normalized spacial score (nSPS) is 23.4. The largest absolute Gasteiger partial charge is 0.356 e. The van der Waals surface area contributed by atoms with Crippen molar-refractivity contribution < 1.29 is 4.79 Å². The second-order valence-electron chi connectivity index (χ2n) is 5.65. The van der Waals surface area contributed by atoms with Gasteiger partial charge in [0, 0.05) is 13.0 Å². The van der Waals surface area contributed by atoms with Crippen LogP contribution >= 0.6 is 11.8 Å². The van der Waals surface area contributed by atoms with Crippen molar-refractivity contribution in [2.45, 2.75) is 33.1 Å². The van der Waals surface area contributed by atoms with Crippen molar-refractivity contribution >= 4 is 17.7 Å². The fourth-order valence-corrected chi connectivity index (χ4v) is 3.21. The molecule has 0 aliphatic carbocycles. The Morgan fingerprint density at radius 3 is 2.89 bits per heavy atom. The first-order valence-electron chi connectivity index (χ1n) is 7.09. The molecule has 0 bridgehead atoms. The number of hydrogen-bond donors (Lipinski definition) is 2. The number of amides is 1. The summed E-state index contributed by atoms with van der Waals surface area (Å²) in [7, 11) is 0. The van der Waals surface area contributed by atoms with Gasteiger partial charge >= 0.3 is 0 Å². The van der Waals surface area contributed by atoms with E-state index >= 15 is 0 Å². The van der Waals surface area contributed by atoms with Gasteiger partial charge in [-0.2, -0.15) is 11.8 Å². The summed E-state index contributed by atoms with van der Waals surface area (Å²) in [6.07, 6.45) is 5.31. The topological polar surface area (TPSA) is 41.1 Å². The highest BCUT2D eigenvalue weighted by molar-refractivity contribution is 7.98. The number of nitrogens with one attached hydrogen (secondary N) is 2. The number of carbonyl (C=O) groups excluding carboxylic acids is 1. The Balaban J connectivity index is 2.18. The lowest BCUT2D eigenvalue weighted by Gasteiger charge is -2.28. The molecule has 1 saturated heterocycles. The molecule has 0 radical (unpaired) electrons. The van der Waals surface area contributed by atoms with Crippen LogP contribution in [0.25, 0.3) is 0 Å². The van der Waals surface area contributed by atoms with E-state index in [0.29, 0.717) is 24.2 Å². The Morgan fingerprint density at radius 2 is 2.28 bits per heavy atom. The Morgan fingerprint density at radius 1 is 1.50 bits per heavy atom. The van der Waals surface area contributed by atoms with E-state index in [-0.39, 0.29) is 5.91 Å². The molecule has 0 spiro atoms. The van der Waals surface area contributed by atoms with E-state index in [9.17, 15) is 4.79 Å². The lowest BCUT2D eigenvalue weighted by Crippen LogP contribution is -2.36. The number of carbonyl (C=O) groups is 1. The van der Waals surface area contributed by atoms with Gasteiger partial charge in [-0.05, 0) is 55.7 Å². The van der Waals surface area contributed by atoms with Crippen LogP contribution in [0.15, 0.2) is 0 Å². The van der Waals surface area contributed by atoms with Gasteiger partial charge in [-0.25, -0.2) is 0 Å². The van der Waals surface area contributed by atoms with Gasteiger partial charge in [-0.15, -0.1) is 0 Å². The third kappa shape index (κ3) is 6.10. The van der Waals surface area contributed by atoms with Crippen LogP contribution < -0.4 is 10.6 Å². The second kappa shape index (κ2) is 8.81. The van der Waals surface area contributed by atoms with Crippen molar-refractivity contribution in [2.75, 3.05) is 31.6 Å². The average Bonchev–Trinajstić information content (AvgIpc) is 2.38. The molecule has 0 aromatic heterocycles. The standard InChI is InChI=1S/C14H28N2OS/c1-11(10-18-3)8-16-14(17)7-12(2)13-5-4-6-15-9-13/h11-13,15H,4-10H2,1-3H3,(H,16,17). The Labute approximate surface area is 116 Å². The van der Waals surface area contributed by atoms with Crippen molar-refractivity contribution in [1.29, 1.82) is 0 Å². The molecule has 0 aromatic rings. The van der Waals surface area contributed by atoms with Gasteiger partial charge in [0.15, 0.2) is 0 Å². The Kier molecular flexibility index (Phi) is 7.75. The average molecular weight is 272 g/mol. The summed E-state index contributed by atoms with van der Waals surface area (Å²) >= 11 is 1.84. The zero-order valence-electron chi connectivity index (χ0n) is 12.0. The maximum Gasteiger partial charge on any atom is 0.220 e. The molecule has 1 amide bonds. The summed E-state index contributed by atoms with van der Waals surface area (Å²) in [6, 6.07) is 0. The van der Waals surface area contributed by atoms with E-state index < -0.39 is 0 Å². The molecule has 1 rings (SSSR count). The molecule has 0 aromatic carbocycles. The highest BCUT2D eigenvalue weighted by Gasteiger charge is 2.21. The zero-order chi connectivity index (χ0) is 13.4. The van der Waals surface area contributed by atoms with Crippen LogP contribution in [0, 0.1) is 17.8 Å². The highest BCUT2D eigenvalue weighted by atomic mass is 32.2. The van der Waals surface area contributed by atoms with E-state index in [1.165, 1.54) is 12.8 Å². The van der Waals surface area contributed by atoms with Crippen molar-refractivity contribution in [1.82, 2.24) is 10.6 Å². The monoisotopic (exact) mass is 272 g/mol. The smallest absolute Gasteiger partial charge is 0.220 e. The third-order valence-electron chi connectivity index (χ3n) is 3.75. The number of rotatable bonds is 7. The molecule has 3 unspecified atom stereocenters. The van der Waals surface area contributed by atoms with Crippen molar-refractivity contribution in [3.8, 4) is 0 Å². The Bertz CT molecular complexity index is 242. The van der Waals surface area contributed by atoms with E-state index in [1.807, 2.05) is 11.8 Å². The molecule has 1 aliphatic rings. The van der Waals surface area contributed by atoms with E-state index in [0.717, 1.165) is 25.4 Å². The number of hydrogen-bond acceptors (Lipinski definition) is 3. The fraction of sp³-hybridized carbons (Fsp3) is 0.929. The molecule has 1 heterocycles. The molecule has 106 valence electrons. The van der Waals surface area contributed by atoms with Crippen molar-refractivity contribution in [2.24, 2.45) is 17.8 Å². The lowest BCUT2D eigenvalue weighted by atomic mass is 9.85. The molecule has 18 heavy (non-hydrogen) atoms. The lowest BCUT2D eigenvalue weighted by molar-refractivity contribution is -0.122. The maximum atomic E-state index is 11.9. The molecule has 1 fully saturated rings. The Hall–Kier alpha value is -0.220. The van der Waals surface area contributed by atoms with Crippen LogP contribution in [0.2, 0.25) is 0 Å².